The Labute approximate surface area is 54.8 Å². The van der Waals surface area contributed by atoms with Gasteiger partial charge in [-0.05, 0) is 0 Å². The summed E-state index contributed by atoms with van der Waals surface area (Å²) in [5.41, 5.74) is 0. The van der Waals surface area contributed by atoms with Crippen molar-refractivity contribution in [1.82, 2.24) is 0 Å². The van der Waals surface area contributed by atoms with Crippen molar-refractivity contribution in [3.63, 3.8) is 0 Å². The van der Waals surface area contributed by atoms with Crippen LogP contribution in [-0.4, -0.2) is 6.61 Å². The maximum atomic E-state index is 4.79. The van der Waals surface area contributed by atoms with Crippen molar-refractivity contribution >= 4 is 0 Å². The second-order valence-corrected chi connectivity index (χ2v) is 2.42. The van der Waals surface area contributed by atoms with E-state index in [9.17, 15) is 0 Å². The molecule has 0 aromatic rings. The number of hydrogen-bond donors (Lipinski definition) is 0. The Balaban J connectivity index is 2.68. The predicted octanol–water partition coefficient (Wildman–Crippen LogP) is 1.51. The van der Waals surface area contributed by atoms with Crippen molar-refractivity contribution in [2.45, 2.75) is 20.3 Å². The molecule has 0 N–H and O–H groups in total. The van der Waals surface area contributed by atoms with Crippen LogP contribution in [0.15, 0.2) is 0 Å². The molecule has 0 aromatic heterocycles. The van der Waals surface area contributed by atoms with Crippen LogP contribution in [0.4, 0.5) is 0 Å². The van der Waals surface area contributed by atoms with Gasteiger partial charge in [0.25, 0.3) is 0 Å². The Hall–Kier alpha value is 0.544. The standard InChI is InChI=1S/C5H11O.V/c1-5(2)3-4-6;/h5H,3-4H2,1-2H3;/q-1;+1. The molecule has 0 saturated carbocycles. The van der Waals surface area contributed by atoms with E-state index in [0.717, 1.165) is 18.9 Å². The quantitative estimate of drug-likeness (QED) is 0.574. The van der Waals surface area contributed by atoms with Gasteiger partial charge in [-0.25, -0.2) is 0 Å². The fourth-order valence-corrected chi connectivity index (χ4v) is 0.453. The zero-order valence-corrected chi connectivity index (χ0v) is 6.24. The first-order valence-electron chi connectivity index (χ1n) is 2.53. The Morgan fingerprint density at radius 2 is 2.14 bits per heavy atom. The molecular weight excluding hydrogens is 127 g/mol. The van der Waals surface area contributed by atoms with Crippen molar-refractivity contribution in [3.05, 3.63) is 0 Å². The van der Waals surface area contributed by atoms with E-state index >= 15 is 0 Å². The van der Waals surface area contributed by atoms with E-state index in [0.29, 0.717) is 0 Å². The zero-order chi connectivity index (χ0) is 5.70. The van der Waals surface area contributed by atoms with Crippen LogP contribution >= 0.6 is 0 Å². The minimum absolute atomic E-state index is 0.768. The van der Waals surface area contributed by atoms with Crippen LogP contribution in [0.2, 0.25) is 0 Å². The SMILES string of the molecule is CC(C)CC[O][V]. The summed E-state index contributed by atoms with van der Waals surface area (Å²) in [7, 11) is 0. The van der Waals surface area contributed by atoms with E-state index in [-0.39, 0.29) is 0 Å². The van der Waals surface area contributed by atoms with E-state index in [2.05, 4.69) is 31.6 Å². The van der Waals surface area contributed by atoms with Gasteiger partial charge in [0, 0.05) is 0 Å². The summed E-state index contributed by atoms with van der Waals surface area (Å²) in [6.07, 6.45) is 1.16. The molecule has 0 aliphatic rings. The third-order valence-electron chi connectivity index (χ3n) is 0.786. The molecule has 7 heavy (non-hydrogen) atoms. The van der Waals surface area contributed by atoms with Gasteiger partial charge in [-0.15, -0.1) is 0 Å². The van der Waals surface area contributed by atoms with Crippen molar-refractivity contribution in [2.75, 3.05) is 6.61 Å². The van der Waals surface area contributed by atoms with Gasteiger partial charge in [-0.3, -0.25) is 0 Å². The van der Waals surface area contributed by atoms with E-state index in [1.54, 1.807) is 0 Å². The fourth-order valence-electron chi connectivity index (χ4n) is 0.288. The second kappa shape index (κ2) is 4.70. The topological polar surface area (TPSA) is 9.23 Å². The van der Waals surface area contributed by atoms with E-state index in [4.69, 9.17) is 3.66 Å². The van der Waals surface area contributed by atoms with Crippen molar-refractivity contribution in [3.8, 4) is 0 Å². The van der Waals surface area contributed by atoms with Gasteiger partial charge in [0.2, 0.25) is 0 Å². The molecule has 0 heterocycles. The van der Waals surface area contributed by atoms with Crippen LogP contribution in [0.3, 0.4) is 0 Å². The van der Waals surface area contributed by atoms with Crippen LogP contribution in [0.25, 0.3) is 0 Å². The molecule has 0 rings (SSSR count). The Morgan fingerprint density at radius 3 is 2.29 bits per heavy atom. The molecule has 0 spiro atoms. The summed E-state index contributed by atoms with van der Waals surface area (Å²) in [5.74, 6) is 0.768. The normalized spacial score (nSPS) is 10.1. The summed E-state index contributed by atoms with van der Waals surface area (Å²) in [6.45, 7) is 5.25. The van der Waals surface area contributed by atoms with Gasteiger partial charge >= 0.3 is 54.2 Å². The van der Waals surface area contributed by atoms with Crippen LogP contribution in [0, 0.1) is 5.92 Å². The van der Waals surface area contributed by atoms with Crippen molar-refractivity contribution < 1.29 is 21.4 Å². The zero-order valence-electron chi connectivity index (χ0n) is 4.85. The molecule has 0 aliphatic heterocycles. The molecule has 0 bridgehead atoms. The summed E-state index contributed by atoms with van der Waals surface area (Å²) in [5, 5.41) is 0. The molecule has 0 aliphatic carbocycles. The van der Waals surface area contributed by atoms with Crippen molar-refractivity contribution in [1.29, 1.82) is 0 Å². The van der Waals surface area contributed by atoms with Crippen LogP contribution in [-0.2, 0) is 21.4 Å². The minimum atomic E-state index is 0.768. The molecule has 1 nitrogen and oxygen atoms in total. The third-order valence-corrected chi connectivity index (χ3v) is 1.07. The average molecular weight is 138 g/mol. The summed E-state index contributed by atoms with van der Waals surface area (Å²) in [6, 6.07) is 0. The Morgan fingerprint density at radius 1 is 1.57 bits per heavy atom. The summed E-state index contributed by atoms with van der Waals surface area (Å²) in [4.78, 5) is 0. The first kappa shape index (κ1) is 7.54. The van der Waals surface area contributed by atoms with Gasteiger partial charge in [0.1, 0.15) is 0 Å². The van der Waals surface area contributed by atoms with Crippen LogP contribution in [0.1, 0.15) is 20.3 Å². The van der Waals surface area contributed by atoms with Crippen LogP contribution in [0.5, 0.6) is 0 Å². The molecule has 42 valence electrons. The molecule has 0 unspecified atom stereocenters. The Kier molecular flexibility index (Phi) is 5.06. The molecule has 0 atom stereocenters. The third kappa shape index (κ3) is 6.54. The molecule has 2 heteroatoms. The number of rotatable bonds is 3. The van der Waals surface area contributed by atoms with E-state index < -0.39 is 0 Å². The van der Waals surface area contributed by atoms with Gasteiger partial charge in [-0.2, -0.15) is 0 Å². The maximum absolute atomic E-state index is 4.79. The van der Waals surface area contributed by atoms with E-state index in [1.165, 1.54) is 0 Å². The van der Waals surface area contributed by atoms with Gasteiger partial charge in [-0.1, -0.05) is 0 Å². The molecule has 0 amide bonds. The van der Waals surface area contributed by atoms with E-state index in [1.807, 2.05) is 0 Å². The molecule has 0 fully saturated rings. The summed E-state index contributed by atoms with van der Waals surface area (Å²) >= 11 is 2.12. The molecule has 0 saturated heterocycles. The molecule has 0 aromatic carbocycles. The first-order chi connectivity index (χ1) is 3.27. The fraction of sp³-hybridized carbons (Fsp3) is 1.00. The van der Waals surface area contributed by atoms with Gasteiger partial charge in [0.05, 0.1) is 0 Å². The first-order valence-corrected chi connectivity index (χ1v) is 3.10. The molecule has 0 radical (unpaired) electrons. The predicted molar refractivity (Wildman–Crippen MR) is 25.4 cm³/mol. The Bertz CT molecular complexity index is 37.1. The summed E-state index contributed by atoms with van der Waals surface area (Å²) < 4.78 is 4.79. The van der Waals surface area contributed by atoms with Crippen molar-refractivity contribution in [2.24, 2.45) is 5.92 Å². The van der Waals surface area contributed by atoms with Crippen LogP contribution < -0.4 is 0 Å². The monoisotopic (exact) mass is 138 g/mol. The average Bonchev–Trinajstić information content (AvgIpc) is 1.61. The second-order valence-electron chi connectivity index (χ2n) is 2.02. The van der Waals surface area contributed by atoms with Gasteiger partial charge in [0.15, 0.2) is 0 Å². The number of hydrogen-bond acceptors (Lipinski definition) is 1. The molecular formula is C5H11OV. The van der Waals surface area contributed by atoms with Gasteiger partial charge < -0.3 is 0 Å².